The van der Waals surface area contributed by atoms with Crippen LogP contribution in [0.25, 0.3) is 0 Å². The summed E-state index contributed by atoms with van der Waals surface area (Å²) in [6.45, 7) is 8.93. The normalized spacial score (nSPS) is 19.0. The molecule has 1 unspecified atom stereocenters. The molecule has 0 aliphatic carbocycles. The molecule has 118 valence electrons. The smallest absolute Gasteiger partial charge is 0.410 e. The molecule has 0 saturated carbocycles. The number of anilines is 1. The van der Waals surface area contributed by atoms with Gasteiger partial charge in [-0.15, -0.1) is 11.3 Å². The van der Waals surface area contributed by atoms with Gasteiger partial charge in [0.05, 0.1) is 0 Å². The van der Waals surface area contributed by atoms with E-state index in [1.807, 2.05) is 32.2 Å². The standard InChI is InChI=1S/C15H25N3O2S/c1-15(2,3)20-14(19)18-6-4-11(10-18)8-17-9-13-12(16)5-7-21-13/h5,7,11,17H,4,6,8-10,16H2,1-3H3. The third-order valence-electron chi connectivity index (χ3n) is 3.44. The minimum atomic E-state index is -0.426. The molecule has 0 bridgehead atoms. The first-order valence-corrected chi connectivity index (χ1v) is 8.23. The Kier molecular flexibility index (Phi) is 5.11. The lowest BCUT2D eigenvalue weighted by Gasteiger charge is -2.24. The van der Waals surface area contributed by atoms with Crippen molar-refractivity contribution in [1.82, 2.24) is 10.2 Å². The second-order valence-electron chi connectivity index (χ2n) is 6.51. The zero-order chi connectivity index (χ0) is 15.5. The number of thiophene rings is 1. The van der Waals surface area contributed by atoms with Gasteiger partial charge in [0.15, 0.2) is 0 Å². The summed E-state index contributed by atoms with van der Waals surface area (Å²) < 4.78 is 5.40. The number of carbonyl (C=O) groups is 1. The molecule has 1 amide bonds. The molecule has 5 nitrogen and oxygen atoms in total. The van der Waals surface area contributed by atoms with Gasteiger partial charge in [-0.3, -0.25) is 0 Å². The predicted molar refractivity (Wildman–Crippen MR) is 86.4 cm³/mol. The molecule has 0 aromatic carbocycles. The Morgan fingerprint density at radius 1 is 1.57 bits per heavy atom. The quantitative estimate of drug-likeness (QED) is 0.897. The Morgan fingerprint density at radius 3 is 2.95 bits per heavy atom. The van der Waals surface area contributed by atoms with Crippen LogP contribution in [0.5, 0.6) is 0 Å². The molecule has 1 aliphatic heterocycles. The Balaban J connectivity index is 1.70. The van der Waals surface area contributed by atoms with Gasteiger partial charge in [-0.05, 0) is 44.6 Å². The van der Waals surface area contributed by atoms with Crippen molar-refractivity contribution < 1.29 is 9.53 Å². The molecule has 2 rings (SSSR count). The fourth-order valence-electron chi connectivity index (χ4n) is 2.38. The van der Waals surface area contributed by atoms with Gasteiger partial charge in [0, 0.05) is 36.7 Å². The van der Waals surface area contributed by atoms with Crippen LogP contribution in [0.2, 0.25) is 0 Å². The van der Waals surface area contributed by atoms with Crippen molar-refractivity contribution in [2.75, 3.05) is 25.4 Å². The van der Waals surface area contributed by atoms with Crippen LogP contribution in [0.3, 0.4) is 0 Å². The SMILES string of the molecule is CC(C)(C)OC(=O)N1CCC(CNCc2sccc2N)C1. The predicted octanol–water partition coefficient (Wildman–Crippen LogP) is 2.68. The third kappa shape index (κ3) is 4.89. The van der Waals surface area contributed by atoms with Gasteiger partial charge in [0.1, 0.15) is 5.60 Å². The average molecular weight is 311 g/mol. The second kappa shape index (κ2) is 6.66. The molecule has 1 fully saturated rings. The fourth-order valence-corrected chi connectivity index (χ4v) is 3.14. The first-order chi connectivity index (χ1) is 9.85. The summed E-state index contributed by atoms with van der Waals surface area (Å²) in [5.74, 6) is 0.485. The third-order valence-corrected chi connectivity index (χ3v) is 4.37. The lowest BCUT2D eigenvalue weighted by atomic mass is 10.1. The highest BCUT2D eigenvalue weighted by molar-refractivity contribution is 7.10. The number of nitrogen functional groups attached to an aromatic ring is 1. The first-order valence-electron chi connectivity index (χ1n) is 7.35. The molecular weight excluding hydrogens is 286 g/mol. The Labute approximate surface area is 130 Å². The van der Waals surface area contributed by atoms with Gasteiger partial charge < -0.3 is 20.7 Å². The molecule has 1 atom stereocenters. The minimum absolute atomic E-state index is 0.201. The van der Waals surface area contributed by atoms with Crippen LogP contribution < -0.4 is 11.1 Å². The van der Waals surface area contributed by atoms with Crippen LogP contribution in [0.15, 0.2) is 11.4 Å². The minimum Gasteiger partial charge on any atom is -0.444 e. The molecule has 21 heavy (non-hydrogen) atoms. The van der Waals surface area contributed by atoms with Crippen molar-refractivity contribution in [1.29, 1.82) is 0 Å². The Morgan fingerprint density at radius 2 is 2.33 bits per heavy atom. The number of likely N-dealkylation sites (tertiary alicyclic amines) is 1. The molecule has 3 N–H and O–H groups in total. The second-order valence-corrected chi connectivity index (χ2v) is 7.51. The van der Waals surface area contributed by atoms with E-state index < -0.39 is 5.60 Å². The van der Waals surface area contributed by atoms with E-state index in [9.17, 15) is 4.79 Å². The molecule has 1 aromatic heterocycles. The van der Waals surface area contributed by atoms with Gasteiger partial charge in [-0.2, -0.15) is 0 Å². The van der Waals surface area contributed by atoms with Gasteiger partial charge in [0.25, 0.3) is 0 Å². The van der Waals surface area contributed by atoms with E-state index in [2.05, 4.69) is 5.32 Å². The molecule has 0 spiro atoms. The summed E-state index contributed by atoms with van der Waals surface area (Å²) in [5.41, 5.74) is 6.29. The number of nitrogens with zero attached hydrogens (tertiary/aromatic N) is 1. The largest absolute Gasteiger partial charge is 0.444 e. The van der Waals surface area contributed by atoms with Crippen molar-refractivity contribution in [3.8, 4) is 0 Å². The summed E-state index contributed by atoms with van der Waals surface area (Å²) in [5, 5.41) is 5.44. The summed E-state index contributed by atoms with van der Waals surface area (Å²) in [7, 11) is 0. The molecule has 6 heteroatoms. The van der Waals surface area contributed by atoms with Gasteiger partial charge in [-0.25, -0.2) is 4.79 Å². The number of carbonyl (C=O) groups excluding carboxylic acids is 1. The molecule has 1 saturated heterocycles. The summed E-state index contributed by atoms with van der Waals surface area (Å²) in [6, 6.07) is 1.93. The summed E-state index contributed by atoms with van der Waals surface area (Å²) in [6.07, 6.45) is 0.819. The van der Waals surface area contributed by atoms with Crippen molar-refractivity contribution in [3.05, 3.63) is 16.3 Å². The fraction of sp³-hybridized carbons (Fsp3) is 0.667. The van der Waals surface area contributed by atoms with Crippen LogP contribution in [-0.2, 0) is 11.3 Å². The highest BCUT2D eigenvalue weighted by atomic mass is 32.1. The number of rotatable bonds is 4. The van der Waals surface area contributed by atoms with Gasteiger partial charge >= 0.3 is 6.09 Å². The van der Waals surface area contributed by atoms with Crippen LogP contribution in [0.1, 0.15) is 32.1 Å². The van der Waals surface area contributed by atoms with Crippen LogP contribution in [0.4, 0.5) is 10.5 Å². The molecule has 2 heterocycles. The van der Waals surface area contributed by atoms with Crippen molar-refractivity contribution >= 4 is 23.1 Å². The lowest BCUT2D eigenvalue weighted by molar-refractivity contribution is 0.0288. The zero-order valence-corrected chi connectivity index (χ0v) is 13.8. The lowest BCUT2D eigenvalue weighted by Crippen LogP contribution is -2.36. The number of hydrogen-bond acceptors (Lipinski definition) is 5. The maximum absolute atomic E-state index is 12.0. The summed E-state index contributed by atoms with van der Waals surface area (Å²) in [4.78, 5) is 15.0. The highest BCUT2D eigenvalue weighted by Gasteiger charge is 2.29. The average Bonchev–Trinajstić information content (AvgIpc) is 2.97. The Hall–Kier alpha value is -1.27. The topological polar surface area (TPSA) is 67.6 Å². The first kappa shape index (κ1) is 16.1. The van der Waals surface area contributed by atoms with Crippen molar-refractivity contribution in [3.63, 3.8) is 0 Å². The highest BCUT2D eigenvalue weighted by Crippen LogP contribution is 2.20. The summed E-state index contributed by atoms with van der Waals surface area (Å²) >= 11 is 1.67. The van der Waals surface area contributed by atoms with E-state index >= 15 is 0 Å². The van der Waals surface area contributed by atoms with Crippen LogP contribution >= 0.6 is 11.3 Å². The van der Waals surface area contributed by atoms with Crippen molar-refractivity contribution in [2.24, 2.45) is 5.92 Å². The maximum atomic E-state index is 12.0. The van der Waals surface area contributed by atoms with E-state index in [1.54, 1.807) is 16.2 Å². The van der Waals surface area contributed by atoms with Crippen LogP contribution in [-0.4, -0.2) is 36.2 Å². The van der Waals surface area contributed by atoms with E-state index in [4.69, 9.17) is 10.5 Å². The van der Waals surface area contributed by atoms with E-state index in [0.29, 0.717) is 5.92 Å². The van der Waals surface area contributed by atoms with E-state index in [1.165, 1.54) is 4.88 Å². The van der Waals surface area contributed by atoms with Crippen LogP contribution in [0, 0.1) is 5.92 Å². The number of hydrogen-bond donors (Lipinski definition) is 2. The zero-order valence-electron chi connectivity index (χ0n) is 13.0. The van der Waals surface area contributed by atoms with Gasteiger partial charge in [0.2, 0.25) is 0 Å². The number of ether oxygens (including phenoxy) is 1. The number of nitrogens with two attached hydrogens (primary N) is 1. The number of amides is 1. The Bertz CT molecular complexity index is 482. The van der Waals surface area contributed by atoms with E-state index in [0.717, 1.165) is 38.3 Å². The van der Waals surface area contributed by atoms with Gasteiger partial charge in [-0.1, -0.05) is 0 Å². The molecular formula is C15H25N3O2S. The van der Waals surface area contributed by atoms with Crippen molar-refractivity contribution in [2.45, 2.75) is 39.3 Å². The molecule has 1 aliphatic rings. The molecule has 0 radical (unpaired) electrons. The molecule has 1 aromatic rings. The van der Waals surface area contributed by atoms with E-state index in [-0.39, 0.29) is 6.09 Å². The monoisotopic (exact) mass is 311 g/mol. The maximum Gasteiger partial charge on any atom is 0.410 e. The number of nitrogens with one attached hydrogen (secondary N) is 1.